The second kappa shape index (κ2) is 4.44. The van der Waals surface area contributed by atoms with E-state index in [1.807, 2.05) is 6.07 Å². The number of benzene rings is 1. The van der Waals surface area contributed by atoms with Gasteiger partial charge in [-0.2, -0.15) is 0 Å². The molecule has 1 aliphatic rings. The molecule has 0 saturated heterocycles. The van der Waals surface area contributed by atoms with Crippen molar-refractivity contribution in [1.82, 2.24) is 0 Å². The molecule has 2 rings (SSSR count). The van der Waals surface area contributed by atoms with Crippen LogP contribution in [0, 0.1) is 0 Å². The maximum Gasteiger partial charge on any atom is 0.191 e. The van der Waals surface area contributed by atoms with Gasteiger partial charge in [-0.3, -0.25) is 0 Å². The molecule has 3 heteroatoms. The minimum Gasteiger partial charge on any atom is -0.467 e. The summed E-state index contributed by atoms with van der Waals surface area (Å²) in [6.07, 6.45) is 2.38. The molecule has 0 N–H and O–H groups in total. The number of fused-ring (bicyclic) bond motifs is 1. The summed E-state index contributed by atoms with van der Waals surface area (Å²) in [5.41, 5.74) is 2.84. The van der Waals surface area contributed by atoms with Gasteiger partial charge in [0.05, 0.1) is 0 Å². The smallest absolute Gasteiger partial charge is 0.191 e. The molecule has 0 aromatic heterocycles. The maximum atomic E-state index is 5.38. The van der Waals surface area contributed by atoms with Gasteiger partial charge in [-0.25, -0.2) is 0 Å². The summed E-state index contributed by atoms with van der Waals surface area (Å²) in [6, 6.07) is 6.17. The molecule has 0 amide bonds. The summed E-state index contributed by atoms with van der Waals surface area (Å²) in [5, 5.41) is 0. The molecule has 0 aliphatic heterocycles. The van der Waals surface area contributed by atoms with E-state index in [0.717, 1.165) is 5.75 Å². The van der Waals surface area contributed by atoms with Crippen LogP contribution in [-0.2, 0) is 22.3 Å². The quantitative estimate of drug-likeness (QED) is 0.528. The van der Waals surface area contributed by atoms with Gasteiger partial charge in [0.1, 0.15) is 12.5 Å². The highest BCUT2D eigenvalue weighted by molar-refractivity contribution is 5.41. The van der Waals surface area contributed by atoms with E-state index in [1.54, 1.807) is 7.11 Å². The highest BCUT2D eigenvalue weighted by Gasteiger charge is 2.12. The summed E-state index contributed by atoms with van der Waals surface area (Å²) >= 11 is 0. The fraction of sp³-hybridized carbons (Fsp3) is 0.455. The van der Waals surface area contributed by atoms with Gasteiger partial charge in [-0.1, -0.05) is 6.07 Å². The third-order valence-corrected chi connectivity index (χ3v) is 2.35. The van der Waals surface area contributed by atoms with Gasteiger partial charge in [0.25, 0.3) is 0 Å². The minimum absolute atomic E-state index is 0.243. The largest absolute Gasteiger partial charge is 0.467 e. The Hall–Kier alpha value is -1.06. The lowest BCUT2D eigenvalue weighted by Gasteiger charge is -2.19. The summed E-state index contributed by atoms with van der Waals surface area (Å²) in [7, 11) is 1.59. The summed E-state index contributed by atoms with van der Waals surface area (Å²) in [5.74, 6) is 0.875. The zero-order valence-electron chi connectivity index (χ0n) is 8.29. The third kappa shape index (κ3) is 2.05. The number of rotatable bonds is 5. The van der Waals surface area contributed by atoms with E-state index in [0.29, 0.717) is 0 Å². The zero-order chi connectivity index (χ0) is 9.80. The van der Waals surface area contributed by atoms with Crippen molar-refractivity contribution in [1.29, 1.82) is 0 Å². The van der Waals surface area contributed by atoms with Gasteiger partial charge in [0.2, 0.25) is 0 Å². The fourth-order valence-corrected chi connectivity index (χ4v) is 1.49. The molecule has 0 unspecified atom stereocenters. The summed E-state index contributed by atoms with van der Waals surface area (Å²) < 4.78 is 15.1. The number of ether oxygens (including phenoxy) is 3. The molecule has 0 radical (unpaired) electrons. The molecule has 1 aliphatic carbocycles. The van der Waals surface area contributed by atoms with Gasteiger partial charge in [0.15, 0.2) is 6.79 Å². The lowest BCUT2D eigenvalue weighted by Crippen LogP contribution is -2.09. The number of methoxy groups -OCH3 is 1. The van der Waals surface area contributed by atoms with Crippen molar-refractivity contribution in [3.8, 4) is 5.75 Å². The normalized spacial score (nSPS) is 13.2. The predicted molar refractivity (Wildman–Crippen MR) is 52.3 cm³/mol. The van der Waals surface area contributed by atoms with Crippen molar-refractivity contribution < 1.29 is 14.2 Å². The van der Waals surface area contributed by atoms with Gasteiger partial charge >= 0.3 is 0 Å². The van der Waals surface area contributed by atoms with Crippen molar-refractivity contribution in [2.75, 3.05) is 20.7 Å². The molecular weight excluding hydrogens is 180 g/mol. The molecular formula is C11H14O3. The van der Waals surface area contributed by atoms with E-state index in [9.17, 15) is 0 Å². The van der Waals surface area contributed by atoms with Crippen LogP contribution in [0.3, 0.4) is 0 Å². The third-order valence-electron chi connectivity index (χ3n) is 2.35. The van der Waals surface area contributed by atoms with Crippen molar-refractivity contribution in [3.63, 3.8) is 0 Å². The zero-order valence-corrected chi connectivity index (χ0v) is 8.29. The molecule has 1 aromatic carbocycles. The Labute approximate surface area is 83.6 Å². The molecule has 0 saturated carbocycles. The number of aryl methyl sites for hydroxylation is 2. The second-order valence-corrected chi connectivity index (χ2v) is 3.30. The highest BCUT2D eigenvalue weighted by atomic mass is 16.7. The molecule has 0 fully saturated rings. The Morgan fingerprint density at radius 1 is 1.14 bits per heavy atom. The van der Waals surface area contributed by atoms with Crippen molar-refractivity contribution in [2.24, 2.45) is 0 Å². The van der Waals surface area contributed by atoms with Gasteiger partial charge < -0.3 is 14.2 Å². The standard InChI is InChI=1S/C11H14O3/c1-12-7-13-8-14-11-5-4-9-2-3-10(9)6-11/h4-6H,2-3,7-8H2,1H3. The molecule has 0 heterocycles. The number of hydrogen-bond acceptors (Lipinski definition) is 3. The average molecular weight is 194 g/mol. The topological polar surface area (TPSA) is 27.7 Å². The van der Waals surface area contributed by atoms with Crippen molar-refractivity contribution in [2.45, 2.75) is 12.8 Å². The molecule has 0 bridgehead atoms. The van der Waals surface area contributed by atoms with Crippen molar-refractivity contribution in [3.05, 3.63) is 29.3 Å². The fourth-order valence-electron chi connectivity index (χ4n) is 1.49. The Morgan fingerprint density at radius 3 is 2.64 bits per heavy atom. The van der Waals surface area contributed by atoms with Crippen LogP contribution in [0.15, 0.2) is 18.2 Å². The lowest BCUT2D eigenvalue weighted by atomic mass is 9.89. The Balaban J connectivity index is 1.81. The predicted octanol–water partition coefficient (Wildman–Crippen LogP) is 1.74. The van der Waals surface area contributed by atoms with Gasteiger partial charge in [-0.15, -0.1) is 0 Å². The van der Waals surface area contributed by atoms with Crippen LogP contribution in [0.4, 0.5) is 0 Å². The number of hydrogen-bond donors (Lipinski definition) is 0. The van der Waals surface area contributed by atoms with Crippen LogP contribution in [0.1, 0.15) is 11.1 Å². The lowest BCUT2D eigenvalue weighted by molar-refractivity contribution is -0.0835. The highest BCUT2D eigenvalue weighted by Crippen LogP contribution is 2.26. The molecule has 1 aromatic rings. The molecule has 14 heavy (non-hydrogen) atoms. The first-order valence-corrected chi connectivity index (χ1v) is 4.71. The first kappa shape index (κ1) is 9.49. The SMILES string of the molecule is COCOCOc1ccc2c(c1)CC2. The van der Waals surface area contributed by atoms with Gasteiger partial charge in [-0.05, 0) is 36.1 Å². The van der Waals surface area contributed by atoms with Gasteiger partial charge in [0, 0.05) is 7.11 Å². The Morgan fingerprint density at radius 2 is 2.00 bits per heavy atom. The Kier molecular flexibility index (Phi) is 3.01. The summed E-state index contributed by atoms with van der Waals surface area (Å²) in [6.45, 7) is 0.511. The van der Waals surface area contributed by atoms with Crippen LogP contribution in [0.25, 0.3) is 0 Å². The van der Waals surface area contributed by atoms with E-state index in [-0.39, 0.29) is 13.6 Å². The van der Waals surface area contributed by atoms with Crippen LogP contribution < -0.4 is 4.74 Å². The van der Waals surface area contributed by atoms with E-state index >= 15 is 0 Å². The second-order valence-electron chi connectivity index (χ2n) is 3.30. The van der Waals surface area contributed by atoms with Crippen LogP contribution in [0.2, 0.25) is 0 Å². The van der Waals surface area contributed by atoms with Crippen LogP contribution in [0.5, 0.6) is 5.75 Å². The van der Waals surface area contributed by atoms with E-state index < -0.39 is 0 Å². The summed E-state index contributed by atoms with van der Waals surface area (Å²) in [4.78, 5) is 0. The van der Waals surface area contributed by atoms with Crippen LogP contribution in [-0.4, -0.2) is 20.7 Å². The van der Waals surface area contributed by atoms with E-state index in [1.165, 1.54) is 24.0 Å². The minimum atomic E-state index is 0.243. The molecule has 3 nitrogen and oxygen atoms in total. The molecule has 0 atom stereocenters. The molecule has 0 spiro atoms. The van der Waals surface area contributed by atoms with Crippen molar-refractivity contribution >= 4 is 0 Å². The van der Waals surface area contributed by atoms with E-state index in [2.05, 4.69) is 12.1 Å². The monoisotopic (exact) mass is 194 g/mol. The first-order valence-electron chi connectivity index (χ1n) is 4.71. The average Bonchev–Trinajstić information content (AvgIpc) is 2.16. The molecule has 76 valence electrons. The Bertz CT molecular complexity index is 309. The van der Waals surface area contributed by atoms with Crippen LogP contribution >= 0.6 is 0 Å². The maximum absolute atomic E-state index is 5.38. The van der Waals surface area contributed by atoms with E-state index in [4.69, 9.17) is 14.2 Å². The first-order chi connectivity index (χ1) is 6.90.